The molecule has 0 aromatic rings. The van der Waals surface area contributed by atoms with E-state index in [1.807, 2.05) is 0 Å². The first kappa shape index (κ1) is 8.84. The van der Waals surface area contributed by atoms with E-state index < -0.39 is 0 Å². The van der Waals surface area contributed by atoms with Crippen molar-refractivity contribution in [1.29, 1.82) is 0 Å². The van der Waals surface area contributed by atoms with Crippen molar-refractivity contribution in [2.45, 2.75) is 0 Å². The third-order valence-electron chi connectivity index (χ3n) is 0. The molecule has 0 nitrogen and oxygen atoms in total. The Bertz CT molecular complexity index is 10.8. The van der Waals surface area contributed by atoms with Gasteiger partial charge in [0, 0.05) is 35.6 Å². The summed E-state index contributed by atoms with van der Waals surface area (Å²) in [5.74, 6) is 0. The van der Waals surface area contributed by atoms with Gasteiger partial charge in [0.25, 0.3) is 0 Å². The monoisotopic (exact) mass is 180 g/mol. The van der Waals surface area contributed by atoms with E-state index in [4.69, 9.17) is 0 Å². The van der Waals surface area contributed by atoms with E-state index in [1.165, 1.54) is 6.08 Å². The van der Waals surface area contributed by atoms with Crippen molar-refractivity contribution < 1.29 is 35.6 Å². The Morgan fingerprint density at radius 2 is 1.75 bits per heavy atom. The molecule has 0 spiro atoms. The normalized spacial score (nSPS) is 3.00. The summed E-state index contributed by atoms with van der Waals surface area (Å²) in [4.78, 5) is 0. The molecule has 0 aromatic heterocycles. The fourth-order valence-electron chi connectivity index (χ4n) is 0. The molecule has 0 aliphatic heterocycles. The first-order valence-corrected chi connectivity index (χ1v) is 0.816. The molecular weight excluding hydrogens is 175 g/mol. The van der Waals surface area contributed by atoms with Crippen LogP contribution in [-0.2, 0) is 0 Å². The molecule has 0 saturated heterocycles. The molecule has 0 aromatic carbocycles. The van der Waals surface area contributed by atoms with Gasteiger partial charge in [-0.2, -0.15) is 0 Å². The average Bonchev–Trinajstić information content (AvgIpc) is 0.918. The van der Waals surface area contributed by atoms with Crippen molar-refractivity contribution in [3.05, 3.63) is 19.6 Å². The molecule has 0 unspecified atom stereocenters. The van der Waals surface area contributed by atoms with Crippen LogP contribution in [0.15, 0.2) is 12.7 Å². The molecule has 0 fully saturated rings. The van der Waals surface area contributed by atoms with Gasteiger partial charge < -0.3 is 0 Å². The molecule has 1 heteroatoms. The van der Waals surface area contributed by atoms with Gasteiger partial charge in [-0.05, 0) is 0 Å². The summed E-state index contributed by atoms with van der Waals surface area (Å²) in [6, 6.07) is 0. The number of allylic oxidation sites excluding steroid dienone is 1. The van der Waals surface area contributed by atoms with E-state index in [2.05, 4.69) is 13.5 Å². The molecule has 0 aliphatic rings. The van der Waals surface area contributed by atoms with Crippen molar-refractivity contribution in [1.82, 2.24) is 0 Å². The molecule has 0 heterocycles. The SMILES string of the molecule is C=C[CH2-].[La]. The van der Waals surface area contributed by atoms with Crippen molar-refractivity contribution in [3.63, 3.8) is 0 Å². The number of hydrogen-bond donors (Lipinski definition) is 0. The van der Waals surface area contributed by atoms with Crippen molar-refractivity contribution >= 4 is 0 Å². The Labute approximate surface area is 54.9 Å². The van der Waals surface area contributed by atoms with Crippen LogP contribution in [-0.4, -0.2) is 0 Å². The summed E-state index contributed by atoms with van der Waals surface area (Å²) in [5, 5.41) is 0. The fourth-order valence-corrected chi connectivity index (χ4v) is 0. The largest absolute Gasteiger partial charge is 0.245 e. The zero-order valence-corrected chi connectivity index (χ0v) is 6.19. The summed E-state index contributed by atoms with van der Waals surface area (Å²) in [5.41, 5.74) is 0. The Balaban J connectivity index is 0. The van der Waals surface area contributed by atoms with Gasteiger partial charge in [-0.25, -0.2) is 19.6 Å². The minimum absolute atomic E-state index is 0. The second-order valence-corrected chi connectivity index (χ2v) is 0.289. The van der Waals surface area contributed by atoms with Crippen LogP contribution in [0, 0.1) is 42.5 Å². The third kappa shape index (κ3) is 14.1. The van der Waals surface area contributed by atoms with Gasteiger partial charge in [0.15, 0.2) is 0 Å². The summed E-state index contributed by atoms with van der Waals surface area (Å²) < 4.78 is 0. The Hall–Kier alpha value is 0.805. The summed E-state index contributed by atoms with van der Waals surface area (Å²) in [6.45, 7) is 6.50. The van der Waals surface area contributed by atoms with Gasteiger partial charge in [-0.15, -0.1) is 0 Å². The van der Waals surface area contributed by atoms with Crippen LogP contribution in [0.25, 0.3) is 0 Å². The maximum atomic E-state index is 3.25. The van der Waals surface area contributed by atoms with Gasteiger partial charge in [0.1, 0.15) is 0 Å². The van der Waals surface area contributed by atoms with E-state index in [0.29, 0.717) is 0 Å². The molecular formula is C3H5La-. The first-order valence-electron chi connectivity index (χ1n) is 0.816. The van der Waals surface area contributed by atoms with Crippen LogP contribution in [0.5, 0.6) is 0 Å². The van der Waals surface area contributed by atoms with E-state index in [1.54, 1.807) is 0 Å². The van der Waals surface area contributed by atoms with Gasteiger partial charge in [0.2, 0.25) is 0 Å². The zero-order chi connectivity index (χ0) is 2.71. The molecule has 0 amide bonds. The third-order valence-corrected chi connectivity index (χ3v) is 0. The molecule has 1 radical (unpaired) electrons. The molecule has 0 aliphatic carbocycles. The molecule has 0 saturated carbocycles. The molecule has 0 N–H and O–H groups in total. The Morgan fingerprint density at radius 1 is 1.75 bits per heavy atom. The molecule has 21 valence electrons. The fraction of sp³-hybridized carbons (Fsp3) is 0. The maximum Gasteiger partial charge on any atom is 0 e. The van der Waals surface area contributed by atoms with Crippen LogP contribution in [0.4, 0.5) is 0 Å². The average molecular weight is 180 g/mol. The van der Waals surface area contributed by atoms with Crippen molar-refractivity contribution in [2.24, 2.45) is 0 Å². The van der Waals surface area contributed by atoms with E-state index in [9.17, 15) is 0 Å². The van der Waals surface area contributed by atoms with Crippen LogP contribution < -0.4 is 0 Å². The van der Waals surface area contributed by atoms with E-state index in [-0.39, 0.29) is 35.6 Å². The molecule has 0 rings (SSSR count). The number of rotatable bonds is 0. The van der Waals surface area contributed by atoms with Gasteiger partial charge in [-0.3, -0.25) is 0 Å². The Kier molecular flexibility index (Phi) is 20.3. The predicted octanol–water partition coefficient (Wildman–Crippen LogP) is 1.01. The van der Waals surface area contributed by atoms with Gasteiger partial charge in [0.05, 0.1) is 0 Å². The summed E-state index contributed by atoms with van der Waals surface area (Å²) in [6.07, 6.45) is 1.50. The predicted molar refractivity (Wildman–Crippen MR) is 15.6 cm³/mol. The van der Waals surface area contributed by atoms with Crippen LogP contribution in [0.2, 0.25) is 0 Å². The zero-order valence-electron chi connectivity index (χ0n) is 2.57. The van der Waals surface area contributed by atoms with Gasteiger partial charge >= 0.3 is 0 Å². The van der Waals surface area contributed by atoms with Gasteiger partial charge in [-0.1, -0.05) is 0 Å². The van der Waals surface area contributed by atoms with Crippen molar-refractivity contribution in [3.8, 4) is 0 Å². The minimum atomic E-state index is 0. The Morgan fingerprint density at radius 3 is 1.75 bits per heavy atom. The number of hydrogen-bond acceptors (Lipinski definition) is 0. The second-order valence-electron chi connectivity index (χ2n) is 0.289. The van der Waals surface area contributed by atoms with Crippen LogP contribution >= 0.6 is 0 Å². The van der Waals surface area contributed by atoms with Crippen LogP contribution in [0.1, 0.15) is 0 Å². The molecule has 0 bridgehead atoms. The minimum Gasteiger partial charge on any atom is -0.245 e. The van der Waals surface area contributed by atoms with Crippen LogP contribution in [0.3, 0.4) is 0 Å². The molecule has 4 heavy (non-hydrogen) atoms. The quantitative estimate of drug-likeness (QED) is 0.488. The maximum absolute atomic E-state index is 3.25. The summed E-state index contributed by atoms with van der Waals surface area (Å²) in [7, 11) is 0. The van der Waals surface area contributed by atoms with E-state index in [0.717, 1.165) is 0 Å². The van der Waals surface area contributed by atoms with Crippen molar-refractivity contribution in [2.75, 3.05) is 0 Å². The smallest absolute Gasteiger partial charge is 0 e. The second kappa shape index (κ2) is 9.19. The topological polar surface area (TPSA) is 0 Å². The molecule has 0 atom stereocenters. The van der Waals surface area contributed by atoms with E-state index >= 15 is 0 Å². The first-order chi connectivity index (χ1) is 1.41. The summed E-state index contributed by atoms with van der Waals surface area (Å²) >= 11 is 0. The standard InChI is InChI=1S/C3H5.La/c1-3-2;/h3H,1-2H2;/q-1;.